The first-order valence-electron chi connectivity index (χ1n) is 9.72. The molecule has 1 aromatic heterocycles. The van der Waals surface area contributed by atoms with Crippen molar-refractivity contribution in [2.75, 3.05) is 19.5 Å². The van der Waals surface area contributed by atoms with Gasteiger partial charge < -0.3 is 19.5 Å². The maximum atomic E-state index is 13.0. The lowest BCUT2D eigenvalue weighted by Gasteiger charge is -2.19. The van der Waals surface area contributed by atoms with Crippen molar-refractivity contribution >= 4 is 28.2 Å². The number of ether oxygens (including phenoxy) is 3. The topological polar surface area (TPSA) is 73.9 Å². The average molecular weight is 418 g/mol. The molecule has 0 spiro atoms. The first kappa shape index (κ1) is 21.2. The van der Waals surface area contributed by atoms with Crippen LogP contribution in [0.3, 0.4) is 0 Å². The molecule has 29 heavy (non-hydrogen) atoms. The Bertz CT molecular complexity index is 918. The second-order valence-electron chi connectivity index (χ2n) is 7.53. The van der Waals surface area contributed by atoms with E-state index in [1.165, 1.54) is 18.4 Å². The molecular formula is C22H27NO5S. The fourth-order valence-electron chi connectivity index (χ4n) is 3.48. The Morgan fingerprint density at radius 3 is 2.62 bits per heavy atom. The van der Waals surface area contributed by atoms with E-state index in [0.29, 0.717) is 33.5 Å². The molecule has 0 radical (unpaired) electrons. The molecule has 1 aromatic carbocycles. The fraction of sp³-hybridized carbons (Fsp3) is 0.455. The maximum Gasteiger partial charge on any atom is 0.341 e. The second kappa shape index (κ2) is 8.86. The highest BCUT2D eigenvalue weighted by Gasteiger charge is 2.30. The molecule has 1 heterocycles. The van der Waals surface area contributed by atoms with Crippen LogP contribution in [0.1, 0.15) is 58.3 Å². The van der Waals surface area contributed by atoms with Gasteiger partial charge in [0.15, 0.2) is 0 Å². The van der Waals surface area contributed by atoms with Gasteiger partial charge in [-0.2, -0.15) is 0 Å². The summed E-state index contributed by atoms with van der Waals surface area (Å²) in [4.78, 5) is 26.9. The van der Waals surface area contributed by atoms with Crippen LogP contribution >= 0.6 is 11.3 Å². The predicted molar refractivity (Wildman–Crippen MR) is 114 cm³/mol. The summed E-state index contributed by atoms with van der Waals surface area (Å²) in [6, 6.07) is 5.01. The van der Waals surface area contributed by atoms with Crippen LogP contribution in [0.4, 0.5) is 5.00 Å². The third kappa shape index (κ3) is 4.56. The molecule has 156 valence electrons. The zero-order valence-electron chi connectivity index (χ0n) is 17.5. The van der Waals surface area contributed by atoms with Crippen molar-refractivity contribution in [2.45, 2.75) is 46.1 Å². The van der Waals surface area contributed by atoms with Gasteiger partial charge in [-0.3, -0.25) is 4.79 Å². The monoisotopic (exact) mass is 417 g/mol. The number of anilines is 1. The Morgan fingerprint density at radius 1 is 1.21 bits per heavy atom. The van der Waals surface area contributed by atoms with Crippen LogP contribution in [0.15, 0.2) is 18.2 Å². The molecule has 0 fully saturated rings. The van der Waals surface area contributed by atoms with Crippen molar-refractivity contribution in [2.24, 2.45) is 5.92 Å². The molecule has 1 aliphatic carbocycles. The Morgan fingerprint density at radius 2 is 1.97 bits per heavy atom. The zero-order chi connectivity index (χ0) is 21.1. The normalized spacial score (nSPS) is 15.6. The molecule has 0 saturated carbocycles. The number of carbonyl (C=O) groups is 2. The highest BCUT2D eigenvalue weighted by Crippen LogP contribution is 2.40. The van der Waals surface area contributed by atoms with E-state index in [9.17, 15) is 9.59 Å². The number of hydrogen-bond acceptors (Lipinski definition) is 6. The van der Waals surface area contributed by atoms with E-state index in [-0.39, 0.29) is 18.0 Å². The van der Waals surface area contributed by atoms with E-state index in [1.54, 1.807) is 25.3 Å². The molecule has 3 rings (SSSR count). The highest BCUT2D eigenvalue weighted by molar-refractivity contribution is 7.17. The molecule has 0 aliphatic heterocycles. The molecule has 1 aliphatic rings. The van der Waals surface area contributed by atoms with Crippen molar-refractivity contribution < 1.29 is 23.8 Å². The number of amides is 1. The van der Waals surface area contributed by atoms with Gasteiger partial charge in [-0.1, -0.05) is 6.92 Å². The summed E-state index contributed by atoms with van der Waals surface area (Å²) < 4.78 is 16.0. The lowest BCUT2D eigenvalue weighted by molar-refractivity contribution is 0.0378. The Kier molecular flexibility index (Phi) is 6.47. The van der Waals surface area contributed by atoms with Gasteiger partial charge in [-0.05, 0) is 56.7 Å². The largest absolute Gasteiger partial charge is 0.497 e. The molecule has 1 N–H and O–H groups in total. The van der Waals surface area contributed by atoms with E-state index >= 15 is 0 Å². The molecule has 0 bridgehead atoms. The van der Waals surface area contributed by atoms with Gasteiger partial charge in [0.05, 0.1) is 31.5 Å². The number of methoxy groups -OCH3 is 2. The Balaban J connectivity index is 1.96. The Hall–Kier alpha value is -2.54. The van der Waals surface area contributed by atoms with Crippen LogP contribution in [0.5, 0.6) is 11.5 Å². The Labute approximate surface area is 175 Å². The van der Waals surface area contributed by atoms with Crippen LogP contribution < -0.4 is 14.8 Å². The van der Waals surface area contributed by atoms with Crippen LogP contribution in [0.2, 0.25) is 0 Å². The van der Waals surface area contributed by atoms with Gasteiger partial charge in [0.2, 0.25) is 0 Å². The highest BCUT2D eigenvalue weighted by atomic mass is 32.1. The number of rotatable bonds is 6. The number of esters is 1. The molecular weight excluding hydrogens is 390 g/mol. The molecule has 0 saturated heterocycles. The van der Waals surface area contributed by atoms with Gasteiger partial charge in [0.25, 0.3) is 5.91 Å². The van der Waals surface area contributed by atoms with E-state index in [0.717, 1.165) is 29.7 Å². The predicted octanol–water partition coefficient (Wildman–Crippen LogP) is 4.71. The number of carbonyl (C=O) groups excluding carboxylic acids is 2. The molecule has 7 heteroatoms. The van der Waals surface area contributed by atoms with Gasteiger partial charge in [0.1, 0.15) is 16.5 Å². The molecule has 2 aromatic rings. The van der Waals surface area contributed by atoms with Crippen molar-refractivity contribution in [1.29, 1.82) is 0 Å². The molecule has 1 atom stereocenters. The van der Waals surface area contributed by atoms with Gasteiger partial charge in [-0.25, -0.2) is 4.79 Å². The van der Waals surface area contributed by atoms with Crippen molar-refractivity contribution in [3.8, 4) is 11.5 Å². The molecule has 1 amide bonds. The zero-order valence-corrected chi connectivity index (χ0v) is 18.3. The first-order chi connectivity index (χ1) is 13.8. The van der Waals surface area contributed by atoms with E-state index in [2.05, 4.69) is 12.2 Å². The van der Waals surface area contributed by atoms with E-state index in [1.807, 2.05) is 13.8 Å². The minimum atomic E-state index is -0.385. The van der Waals surface area contributed by atoms with Gasteiger partial charge in [-0.15, -0.1) is 11.3 Å². The summed E-state index contributed by atoms with van der Waals surface area (Å²) in [7, 11) is 3.06. The molecule has 6 nitrogen and oxygen atoms in total. The smallest absolute Gasteiger partial charge is 0.341 e. The second-order valence-corrected chi connectivity index (χ2v) is 8.64. The van der Waals surface area contributed by atoms with Crippen LogP contribution in [0, 0.1) is 5.92 Å². The van der Waals surface area contributed by atoms with Crippen LogP contribution in [-0.4, -0.2) is 32.2 Å². The van der Waals surface area contributed by atoms with Crippen molar-refractivity contribution in [3.63, 3.8) is 0 Å². The summed E-state index contributed by atoms with van der Waals surface area (Å²) >= 11 is 1.47. The van der Waals surface area contributed by atoms with Crippen LogP contribution in [0.25, 0.3) is 0 Å². The number of hydrogen-bond donors (Lipinski definition) is 1. The minimum Gasteiger partial charge on any atom is -0.497 e. The fourth-order valence-corrected chi connectivity index (χ4v) is 4.88. The summed E-state index contributed by atoms with van der Waals surface area (Å²) in [6.07, 6.45) is 2.51. The SMILES string of the molecule is COc1ccc(C(=O)Nc2sc3c(c2C(=O)OC(C)C)CCC(C)C3)c(OC)c1. The van der Waals surface area contributed by atoms with E-state index in [4.69, 9.17) is 14.2 Å². The van der Waals surface area contributed by atoms with E-state index < -0.39 is 0 Å². The van der Waals surface area contributed by atoms with Gasteiger partial charge >= 0.3 is 5.97 Å². The lowest BCUT2D eigenvalue weighted by atomic mass is 9.88. The quantitative estimate of drug-likeness (QED) is 0.689. The van der Waals surface area contributed by atoms with Gasteiger partial charge in [0, 0.05) is 10.9 Å². The number of thiophene rings is 1. The van der Waals surface area contributed by atoms with Crippen molar-refractivity contribution in [1.82, 2.24) is 0 Å². The number of fused-ring (bicyclic) bond motifs is 1. The summed E-state index contributed by atoms with van der Waals surface area (Å²) in [5.41, 5.74) is 1.87. The number of benzene rings is 1. The molecule has 1 unspecified atom stereocenters. The third-order valence-electron chi connectivity index (χ3n) is 4.94. The number of nitrogens with one attached hydrogen (secondary N) is 1. The first-order valence-corrected chi connectivity index (χ1v) is 10.5. The van der Waals surface area contributed by atoms with Crippen LogP contribution in [-0.2, 0) is 17.6 Å². The summed E-state index contributed by atoms with van der Waals surface area (Å²) in [5, 5.41) is 3.46. The standard InChI is InChI=1S/C22H27NO5S/c1-12(2)28-22(25)19-16-8-6-13(3)10-18(16)29-21(19)23-20(24)15-9-7-14(26-4)11-17(15)27-5/h7,9,11-13H,6,8,10H2,1-5H3,(H,23,24). The minimum absolute atomic E-state index is 0.231. The lowest BCUT2D eigenvalue weighted by Crippen LogP contribution is -2.19. The third-order valence-corrected chi connectivity index (χ3v) is 6.11. The summed E-state index contributed by atoms with van der Waals surface area (Å²) in [6.45, 7) is 5.84. The average Bonchev–Trinajstić information content (AvgIpc) is 3.03. The van der Waals surface area contributed by atoms with Crippen molar-refractivity contribution in [3.05, 3.63) is 39.8 Å². The summed E-state index contributed by atoms with van der Waals surface area (Å²) in [5.74, 6) is 0.836. The maximum absolute atomic E-state index is 13.0.